The van der Waals surface area contributed by atoms with E-state index in [1.54, 1.807) is 31.2 Å². The van der Waals surface area contributed by atoms with Crippen molar-refractivity contribution in [1.29, 1.82) is 0 Å². The minimum absolute atomic E-state index is 0. The molecule has 0 saturated heterocycles. The lowest BCUT2D eigenvalue weighted by molar-refractivity contribution is -0.124. The molecule has 0 aromatic heterocycles. The van der Waals surface area contributed by atoms with Crippen LogP contribution in [0.3, 0.4) is 0 Å². The largest absolute Gasteiger partial charge is 0.355 e. The van der Waals surface area contributed by atoms with Crippen molar-refractivity contribution < 1.29 is 13.2 Å². The van der Waals surface area contributed by atoms with Gasteiger partial charge in [0.25, 0.3) is 0 Å². The van der Waals surface area contributed by atoms with Crippen molar-refractivity contribution >= 4 is 28.3 Å². The van der Waals surface area contributed by atoms with Crippen LogP contribution in [0.4, 0.5) is 0 Å². The minimum Gasteiger partial charge on any atom is -0.355 e. The number of halogens is 1. The van der Waals surface area contributed by atoms with Crippen molar-refractivity contribution in [1.82, 2.24) is 10.0 Å². The zero-order chi connectivity index (χ0) is 15.2. The van der Waals surface area contributed by atoms with Crippen molar-refractivity contribution in [3.8, 4) is 0 Å². The molecule has 0 aliphatic carbocycles. The van der Waals surface area contributed by atoms with Crippen molar-refractivity contribution in [3.63, 3.8) is 0 Å². The summed E-state index contributed by atoms with van der Waals surface area (Å²) >= 11 is 0. The fourth-order valence-corrected chi connectivity index (χ4v) is 2.48. The Bertz CT molecular complexity index is 546. The predicted molar refractivity (Wildman–Crippen MR) is 84.8 cm³/mol. The second-order valence-corrected chi connectivity index (χ2v) is 6.41. The molecule has 0 spiro atoms. The van der Waals surface area contributed by atoms with E-state index in [-0.39, 0.29) is 48.8 Å². The molecular weight excluding hydrogens is 314 g/mol. The van der Waals surface area contributed by atoms with Crippen LogP contribution in [0, 0.1) is 12.8 Å². The van der Waals surface area contributed by atoms with Crippen molar-refractivity contribution in [2.75, 3.05) is 19.6 Å². The Morgan fingerprint density at radius 1 is 1.24 bits per heavy atom. The van der Waals surface area contributed by atoms with Gasteiger partial charge in [-0.15, -0.1) is 12.4 Å². The van der Waals surface area contributed by atoms with Gasteiger partial charge in [0.1, 0.15) is 0 Å². The zero-order valence-corrected chi connectivity index (χ0v) is 13.8. The molecule has 1 aromatic rings. The zero-order valence-electron chi connectivity index (χ0n) is 12.1. The standard InChI is InChI=1S/C13H21N3O3S.ClH/c1-10-3-5-12(6-4-10)20(18,19)16-8-7-15-13(17)11(2)9-14;/h3-6,11,16H,7-9,14H2,1-2H3,(H,15,17);1H. The van der Waals surface area contributed by atoms with E-state index in [2.05, 4.69) is 10.0 Å². The first-order valence-corrected chi connectivity index (χ1v) is 7.89. The summed E-state index contributed by atoms with van der Waals surface area (Å²) in [4.78, 5) is 11.7. The number of benzene rings is 1. The Hall–Kier alpha value is -1.15. The average Bonchev–Trinajstić information content (AvgIpc) is 2.43. The number of hydrogen-bond acceptors (Lipinski definition) is 4. The molecule has 0 bridgehead atoms. The monoisotopic (exact) mass is 335 g/mol. The van der Waals surface area contributed by atoms with Gasteiger partial charge >= 0.3 is 0 Å². The highest BCUT2D eigenvalue weighted by atomic mass is 35.5. The lowest BCUT2D eigenvalue weighted by Crippen LogP contribution is -2.38. The molecule has 0 radical (unpaired) electrons. The fraction of sp³-hybridized carbons (Fsp3) is 0.462. The van der Waals surface area contributed by atoms with Crippen LogP contribution in [0.1, 0.15) is 12.5 Å². The average molecular weight is 336 g/mol. The van der Waals surface area contributed by atoms with Crippen LogP contribution in [0.15, 0.2) is 29.2 Å². The molecule has 1 amide bonds. The number of carbonyl (C=O) groups is 1. The third kappa shape index (κ3) is 6.43. The number of carbonyl (C=O) groups excluding carboxylic acids is 1. The number of amides is 1. The van der Waals surface area contributed by atoms with Gasteiger partial charge in [-0.3, -0.25) is 4.79 Å². The summed E-state index contributed by atoms with van der Waals surface area (Å²) in [5.41, 5.74) is 6.35. The lowest BCUT2D eigenvalue weighted by Gasteiger charge is -2.11. The summed E-state index contributed by atoms with van der Waals surface area (Å²) in [6.07, 6.45) is 0. The van der Waals surface area contributed by atoms with E-state index in [0.717, 1.165) is 5.56 Å². The highest BCUT2D eigenvalue weighted by Gasteiger charge is 2.13. The van der Waals surface area contributed by atoms with Gasteiger partial charge in [-0.25, -0.2) is 13.1 Å². The fourth-order valence-electron chi connectivity index (χ4n) is 1.45. The topological polar surface area (TPSA) is 101 Å². The molecule has 4 N–H and O–H groups in total. The Morgan fingerprint density at radius 3 is 2.33 bits per heavy atom. The highest BCUT2D eigenvalue weighted by Crippen LogP contribution is 2.09. The Kier molecular flexibility index (Phi) is 8.50. The molecule has 21 heavy (non-hydrogen) atoms. The first-order chi connectivity index (χ1) is 9.36. The van der Waals surface area contributed by atoms with E-state index in [9.17, 15) is 13.2 Å². The van der Waals surface area contributed by atoms with Gasteiger partial charge in [-0.2, -0.15) is 0 Å². The predicted octanol–water partition coefficient (Wildman–Crippen LogP) is 0.406. The molecule has 0 fully saturated rings. The van der Waals surface area contributed by atoms with Crippen LogP contribution >= 0.6 is 12.4 Å². The van der Waals surface area contributed by atoms with Gasteiger partial charge in [-0.1, -0.05) is 24.6 Å². The number of rotatable bonds is 7. The second kappa shape index (κ2) is 8.99. The first-order valence-electron chi connectivity index (χ1n) is 6.41. The van der Waals surface area contributed by atoms with E-state index in [4.69, 9.17) is 5.73 Å². The maximum atomic E-state index is 11.9. The molecule has 8 heteroatoms. The second-order valence-electron chi connectivity index (χ2n) is 4.64. The van der Waals surface area contributed by atoms with Gasteiger partial charge in [0.05, 0.1) is 4.90 Å². The summed E-state index contributed by atoms with van der Waals surface area (Å²) in [6, 6.07) is 6.57. The van der Waals surface area contributed by atoms with Crippen molar-refractivity contribution in [2.24, 2.45) is 11.7 Å². The van der Waals surface area contributed by atoms with Gasteiger partial charge in [0.2, 0.25) is 15.9 Å². The maximum Gasteiger partial charge on any atom is 0.240 e. The van der Waals surface area contributed by atoms with Crippen LogP contribution in [-0.2, 0) is 14.8 Å². The number of nitrogens with two attached hydrogens (primary N) is 1. The van der Waals surface area contributed by atoms with Crippen LogP contribution in [0.25, 0.3) is 0 Å². The SMILES string of the molecule is Cc1ccc(S(=O)(=O)NCCNC(=O)C(C)CN)cc1.Cl. The summed E-state index contributed by atoms with van der Waals surface area (Å²) in [7, 11) is -3.53. The molecular formula is C13H22ClN3O3S. The molecule has 0 saturated carbocycles. The third-order valence-electron chi connectivity index (χ3n) is 2.85. The van der Waals surface area contributed by atoms with Crippen LogP contribution in [0.5, 0.6) is 0 Å². The van der Waals surface area contributed by atoms with Gasteiger partial charge in [0, 0.05) is 25.6 Å². The smallest absolute Gasteiger partial charge is 0.240 e. The Labute approximate surface area is 132 Å². The maximum absolute atomic E-state index is 11.9. The van der Waals surface area contributed by atoms with Crippen molar-refractivity contribution in [3.05, 3.63) is 29.8 Å². The van der Waals surface area contributed by atoms with Gasteiger partial charge in [0.15, 0.2) is 0 Å². The summed E-state index contributed by atoms with van der Waals surface area (Å²) in [5.74, 6) is -0.453. The molecule has 0 aliphatic heterocycles. The van der Waals surface area contributed by atoms with Crippen LogP contribution < -0.4 is 15.8 Å². The number of sulfonamides is 1. The van der Waals surface area contributed by atoms with Crippen LogP contribution in [0.2, 0.25) is 0 Å². The number of nitrogens with one attached hydrogen (secondary N) is 2. The Morgan fingerprint density at radius 2 is 1.81 bits per heavy atom. The molecule has 0 aliphatic rings. The summed E-state index contributed by atoms with van der Waals surface area (Å²) < 4.78 is 26.3. The normalized spacial score (nSPS) is 12.3. The molecule has 1 unspecified atom stereocenters. The molecule has 0 heterocycles. The van der Waals surface area contributed by atoms with E-state index in [1.165, 1.54) is 0 Å². The quantitative estimate of drug-likeness (QED) is 0.628. The molecule has 120 valence electrons. The van der Waals surface area contributed by atoms with Gasteiger partial charge < -0.3 is 11.1 Å². The van der Waals surface area contributed by atoms with E-state index < -0.39 is 10.0 Å². The highest BCUT2D eigenvalue weighted by molar-refractivity contribution is 7.89. The molecule has 1 rings (SSSR count). The summed E-state index contributed by atoms with van der Waals surface area (Å²) in [6.45, 7) is 4.23. The van der Waals surface area contributed by atoms with E-state index in [1.807, 2.05) is 6.92 Å². The molecule has 1 atom stereocenters. The molecule has 1 aromatic carbocycles. The third-order valence-corrected chi connectivity index (χ3v) is 4.33. The first kappa shape index (κ1) is 19.9. The number of aryl methyl sites for hydroxylation is 1. The lowest BCUT2D eigenvalue weighted by atomic mass is 10.2. The summed E-state index contributed by atoms with van der Waals surface area (Å²) in [5, 5.41) is 2.62. The van der Waals surface area contributed by atoms with Gasteiger partial charge in [-0.05, 0) is 19.1 Å². The number of hydrogen-bond donors (Lipinski definition) is 3. The van der Waals surface area contributed by atoms with E-state index in [0.29, 0.717) is 0 Å². The minimum atomic E-state index is -3.53. The Balaban J connectivity index is 0.00000400. The molecule has 6 nitrogen and oxygen atoms in total. The van der Waals surface area contributed by atoms with E-state index >= 15 is 0 Å². The van der Waals surface area contributed by atoms with Crippen LogP contribution in [-0.4, -0.2) is 34.0 Å². The van der Waals surface area contributed by atoms with Crippen molar-refractivity contribution in [2.45, 2.75) is 18.7 Å².